The van der Waals surface area contributed by atoms with Crippen LogP contribution in [0.4, 0.5) is 0 Å². The lowest BCUT2D eigenvalue weighted by molar-refractivity contribution is -0.149. The van der Waals surface area contributed by atoms with Crippen LogP contribution in [0, 0.1) is 5.92 Å². The summed E-state index contributed by atoms with van der Waals surface area (Å²) in [5.74, 6) is -1.48. The van der Waals surface area contributed by atoms with Crippen LogP contribution >= 0.6 is 23.2 Å². The highest BCUT2D eigenvalue weighted by Crippen LogP contribution is 2.20. The van der Waals surface area contributed by atoms with Crippen molar-refractivity contribution in [3.8, 4) is 0 Å². The summed E-state index contributed by atoms with van der Waals surface area (Å²) < 4.78 is 9.66. The highest BCUT2D eigenvalue weighted by Gasteiger charge is 2.28. The standard InChI is InChI=1S/C15H16Cl2N2O5/c1-23-14(21)9-2-4-19(5-3-9)12(20)8-24-15(22)10-6-11(16)13(17)18-7-10/h6-7,9H,2-5,8H2,1H3. The lowest BCUT2D eigenvalue weighted by Crippen LogP contribution is -2.42. The number of ether oxygens (including phenoxy) is 2. The molecule has 9 heteroatoms. The summed E-state index contributed by atoms with van der Waals surface area (Å²) in [5, 5.41) is 0.208. The predicted molar refractivity (Wildman–Crippen MR) is 85.9 cm³/mol. The smallest absolute Gasteiger partial charge is 0.340 e. The van der Waals surface area contributed by atoms with E-state index in [0.29, 0.717) is 25.9 Å². The number of esters is 2. The minimum absolute atomic E-state index is 0.0813. The molecule has 1 saturated heterocycles. The summed E-state index contributed by atoms with van der Waals surface area (Å²) >= 11 is 11.4. The van der Waals surface area contributed by atoms with Gasteiger partial charge < -0.3 is 14.4 Å². The summed E-state index contributed by atoms with van der Waals surface area (Å²) in [7, 11) is 1.34. The molecule has 0 aromatic carbocycles. The Kier molecular flexibility index (Phi) is 6.39. The first-order chi connectivity index (χ1) is 11.4. The quantitative estimate of drug-likeness (QED) is 0.591. The van der Waals surface area contributed by atoms with Gasteiger partial charge in [-0.3, -0.25) is 9.59 Å². The number of piperidine rings is 1. The number of carbonyl (C=O) groups excluding carboxylic acids is 3. The number of likely N-dealkylation sites (tertiary alicyclic amines) is 1. The second kappa shape index (κ2) is 8.30. The van der Waals surface area contributed by atoms with Crippen molar-refractivity contribution in [2.75, 3.05) is 26.8 Å². The van der Waals surface area contributed by atoms with Crippen LogP contribution in [0.5, 0.6) is 0 Å². The SMILES string of the molecule is COC(=O)C1CCN(C(=O)COC(=O)c2cnc(Cl)c(Cl)c2)CC1. The molecule has 0 bridgehead atoms. The molecule has 1 aliphatic heterocycles. The molecule has 24 heavy (non-hydrogen) atoms. The van der Waals surface area contributed by atoms with Crippen molar-refractivity contribution >= 4 is 41.0 Å². The number of nitrogens with zero attached hydrogens (tertiary/aromatic N) is 2. The summed E-state index contributed by atoms with van der Waals surface area (Å²) in [6.45, 7) is 0.455. The van der Waals surface area contributed by atoms with Crippen LogP contribution in [0.25, 0.3) is 0 Å². The van der Waals surface area contributed by atoms with E-state index in [2.05, 4.69) is 4.98 Å². The Morgan fingerprint density at radius 3 is 2.54 bits per heavy atom. The third kappa shape index (κ3) is 4.58. The van der Waals surface area contributed by atoms with Gasteiger partial charge in [0.05, 0.1) is 23.6 Å². The molecule has 130 valence electrons. The predicted octanol–water partition coefficient (Wildman–Crippen LogP) is 1.96. The molecule has 0 atom stereocenters. The third-order valence-electron chi connectivity index (χ3n) is 3.74. The van der Waals surface area contributed by atoms with Crippen LogP contribution in [0.2, 0.25) is 10.2 Å². The van der Waals surface area contributed by atoms with Crippen LogP contribution in [0.3, 0.4) is 0 Å². The second-order valence-corrected chi connectivity index (χ2v) is 6.02. The van der Waals surface area contributed by atoms with Gasteiger partial charge in [-0.15, -0.1) is 0 Å². The van der Waals surface area contributed by atoms with Gasteiger partial charge in [0.1, 0.15) is 5.15 Å². The number of halogens is 2. The molecule has 7 nitrogen and oxygen atoms in total. The average Bonchev–Trinajstić information content (AvgIpc) is 2.61. The fourth-order valence-corrected chi connectivity index (χ4v) is 2.64. The molecule has 1 aromatic rings. The minimum Gasteiger partial charge on any atom is -0.469 e. The maximum absolute atomic E-state index is 12.1. The first-order valence-electron chi connectivity index (χ1n) is 7.26. The Bertz CT molecular complexity index is 645. The summed E-state index contributed by atoms with van der Waals surface area (Å²) in [5.41, 5.74) is 0.113. The third-order valence-corrected chi connectivity index (χ3v) is 4.43. The topological polar surface area (TPSA) is 85.8 Å². The van der Waals surface area contributed by atoms with Gasteiger partial charge >= 0.3 is 11.9 Å². The number of rotatable bonds is 4. The number of aromatic nitrogens is 1. The van der Waals surface area contributed by atoms with Gasteiger partial charge in [-0.05, 0) is 18.9 Å². The zero-order chi connectivity index (χ0) is 17.7. The number of amides is 1. The van der Waals surface area contributed by atoms with Crippen LogP contribution in [-0.4, -0.2) is 54.5 Å². The molecule has 0 unspecified atom stereocenters. The summed E-state index contributed by atoms with van der Waals surface area (Å²) in [6.07, 6.45) is 2.29. The fourth-order valence-electron chi connectivity index (χ4n) is 2.37. The van der Waals surface area contributed by atoms with E-state index in [0.717, 1.165) is 0 Å². The lowest BCUT2D eigenvalue weighted by Gasteiger charge is -2.30. The van der Waals surface area contributed by atoms with Gasteiger partial charge in [0.25, 0.3) is 5.91 Å². The molecule has 1 aliphatic rings. The Balaban J connectivity index is 1.82. The largest absolute Gasteiger partial charge is 0.469 e. The van der Waals surface area contributed by atoms with E-state index in [-0.39, 0.29) is 40.1 Å². The molecular formula is C15H16Cl2N2O5. The Hall–Kier alpha value is -1.86. The number of hydrogen-bond donors (Lipinski definition) is 0. The maximum atomic E-state index is 12.1. The lowest BCUT2D eigenvalue weighted by atomic mass is 9.97. The first kappa shape index (κ1) is 18.5. The van der Waals surface area contributed by atoms with Crippen molar-refractivity contribution in [1.29, 1.82) is 0 Å². The average molecular weight is 375 g/mol. The van der Waals surface area contributed by atoms with Gasteiger partial charge in [0.15, 0.2) is 6.61 Å². The molecule has 1 amide bonds. The Morgan fingerprint density at radius 2 is 1.96 bits per heavy atom. The van der Waals surface area contributed by atoms with E-state index >= 15 is 0 Å². The van der Waals surface area contributed by atoms with Crippen LogP contribution in [0.15, 0.2) is 12.3 Å². The molecule has 0 aliphatic carbocycles. The summed E-state index contributed by atoms with van der Waals surface area (Å²) in [4.78, 5) is 40.7. The van der Waals surface area contributed by atoms with E-state index in [1.54, 1.807) is 4.90 Å². The molecular weight excluding hydrogens is 359 g/mol. The highest BCUT2D eigenvalue weighted by molar-refractivity contribution is 6.41. The molecule has 0 saturated carbocycles. The van der Waals surface area contributed by atoms with Crippen molar-refractivity contribution in [2.24, 2.45) is 5.92 Å². The molecule has 1 fully saturated rings. The van der Waals surface area contributed by atoms with E-state index in [4.69, 9.17) is 32.7 Å². The molecule has 0 N–H and O–H groups in total. The highest BCUT2D eigenvalue weighted by atomic mass is 35.5. The Morgan fingerprint density at radius 1 is 1.29 bits per heavy atom. The van der Waals surface area contributed by atoms with E-state index in [9.17, 15) is 14.4 Å². The minimum atomic E-state index is -0.709. The molecule has 2 heterocycles. The molecule has 0 spiro atoms. The number of pyridine rings is 1. The number of carbonyl (C=O) groups is 3. The van der Waals surface area contributed by atoms with E-state index in [1.165, 1.54) is 19.4 Å². The van der Waals surface area contributed by atoms with Crippen LogP contribution in [0.1, 0.15) is 23.2 Å². The molecule has 2 rings (SSSR count). The fraction of sp³-hybridized carbons (Fsp3) is 0.467. The van der Waals surface area contributed by atoms with Gasteiger partial charge in [-0.25, -0.2) is 9.78 Å². The zero-order valence-corrected chi connectivity index (χ0v) is 14.5. The number of hydrogen-bond acceptors (Lipinski definition) is 6. The van der Waals surface area contributed by atoms with Gasteiger partial charge in [0, 0.05) is 19.3 Å². The monoisotopic (exact) mass is 374 g/mol. The zero-order valence-electron chi connectivity index (χ0n) is 13.0. The normalized spacial score (nSPS) is 15.0. The van der Waals surface area contributed by atoms with Crippen molar-refractivity contribution < 1.29 is 23.9 Å². The van der Waals surface area contributed by atoms with E-state index < -0.39 is 5.97 Å². The van der Waals surface area contributed by atoms with Crippen molar-refractivity contribution in [3.63, 3.8) is 0 Å². The maximum Gasteiger partial charge on any atom is 0.340 e. The molecule has 1 aromatic heterocycles. The van der Waals surface area contributed by atoms with Crippen LogP contribution in [-0.2, 0) is 19.1 Å². The first-order valence-corrected chi connectivity index (χ1v) is 8.01. The number of methoxy groups -OCH3 is 1. The summed E-state index contributed by atoms with van der Waals surface area (Å²) in [6, 6.07) is 1.32. The van der Waals surface area contributed by atoms with Gasteiger partial charge in [-0.2, -0.15) is 0 Å². The van der Waals surface area contributed by atoms with Crippen molar-refractivity contribution in [2.45, 2.75) is 12.8 Å². The van der Waals surface area contributed by atoms with Gasteiger partial charge in [0.2, 0.25) is 0 Å². The molecule has 0 radical (unpaired) electrons. The van der Waals surface area contributed by atoms with Crippen molar-refractivity contribution in [3.05, 3.63) is 28.0 Å². The Labute approximate surface area is 148 Å². The second-order valence-electron chi connectivity index (χ2n) is 5.25. The van der Waals surface area contributed by atoms with E-state index in [1.807, 2.05) is 0 Å². The van der Waals surface area contributed by atoms with Crippen LogP contribution < -0.4 is 0 Å². The van der Waals surface area contributed by atoms with Gasteiger partial charge in [-0.1, -0.05) is 23.2 Å². The van der Waals surface area contributed by atoms with Crippen molar-refractivity contribution in [1.82, 2.24) is 9.88 Å².